The largest absolute Gasteiger partial charge is 0.504 e. The highest BCUT2D eigenvalue weighted by Gasteiger charge is 2.45. The van der Waals surface area contributed by atoms with Crippen LogP contribution in [0.25, 0.3) is 0 Å². The molecule has 4 aromatic rings. The predicted molar refractivity (Wildman–Crippen MR) is 172 cm³/mol. The Hall–Kier alpha value is -5.34. The fraction of sp³-hybridized carbons (Fsp3) is 0.419. The second-order valence-electron chi connectivity index (χ2n) is 12.1. The lowest BCUT2D eigenvalue weighted by Gasteiger charge is -2.32. The molecule has 0 amide bonds. The predicted octanol–water partition coefficient (Wildman–Crippen LogP) is 0.393. The van der Waals surface area contributed by atoms with Crippen molar-refractivity contribution >= 4 is 0 Å². The van der Waals surface area contributed by atoms with E-state index in [0.717, 1.165) is 0 Å². The summed E-state index contributed by atoms with van der Waals surface area (Å²) in [4.78, 5) is 3.53. The average molecular weight is 707 g/mol. The van der Waals surface area contributed by atoms with Gasteiger partial charge in [0.1, 0.15) is 16.9 Å². The molecule has 19 nitrogen and oxygen atoms in total. The zero-order chi connectivity index (χ0) is 37.5. The summed E-state index contributed by atoms with van der Waals surface area (Å²) in [5.41, 5.74) is -2.42. The summed E-state index contributed by atoms with van der Waals surface area (Å²) in [6.07, 6.45) is 1.29. The van der Waals surface area contributed by atoms with E-state index in [1.807, 2.05) is 4.90 Å². The van der Waals surface area contributed by atoms with Crippen LogP contribution >= 0.6 is 0 Å². The Balaban J connectivity index is 1.62. The van der Waals surface area contributed by atoms with Gasteiger partial charge in [0, 0.05) is 39.9 Å². The average Bonchev–Trinajstić information content (AvgIpc) is 3.65. The minimum Gasteiger partial charge on any atom is -0.504 e. The van der Waals surface area contributed by atoms with Gasteiger partial charge >= 0.3 is 0 Å². The van der Waals surface area contributed by atoms with Crippen molar-refractivity contribution < 1.29 is 65.6 Å². The summed E-state index contributed by atoms with van der Waals surface area (Å²) >= 11 is 0. The first-order valence-electron chi connectivity index (χ1n) is 15.0. The van der Waals surface area contributed by atoms with E-state index >= 15 is 0 Å². The monoisotopic (exact) mass is 706 g/mol. The number of rotatable bonds is 14. The van der Waals surface area contributed by atoms with Crippen molar-refractivity contribution in [1.29, 1.82) is 0 Å². The van der Waals surface area contributed by atoms with Crippen LogP contribution in [0.2, 0.25) is 0 Å². The van der Waals surface area contributed by atoms with Crippen LogP contribution in [-0.2, 0) is 41.5 Å². The summed E-state index contributed by atoms with van der Waals surface area (Å²) in [5.74, 6) is -13.7. The van der Waals surface area contributed by atoms with E-state index < -0.39 is 80.0 Å². The number of likely N-dealkylation sites (N-methyl/N-ethyl adjacent to an activating group) is 2. The number of phenols is 10. The maximum Gasteiger partial charge on any atom is 0.244 e. The quantitative estimate of drug-likeness (QED) is 0.0480. The van der Waals surface area contributed by atoms with Crippen molar-refractivity contribution in [2.75, 3.05) is 47.4 Å². The molecule has 0 bridgehead atoms. The number of aliphatic hydroxyl groups is 1. The maximum atomic E-state index is 11.7. The van der Waals surface area contributed by atoms with E-state index in [1.165, 1.54) is 35.6 Å². The molecule has 0 aliphatic rings. The lowest BCUT2D eigenvalue weighted by Crippen LogP contribution is -2.36. The molecule has 0 fully saturated rings. The maximum absolute atomic E-state index is 11.7. The normalized spacial score (nSPS) is 14.3. The molecule has 4 rings (SSSR count). The topological polar surface area (TPSA) is 283 Å². The second-order valence-corrected chi connectivity index (χ2v) is 12.1. The van der Waals surface area contributed by atoms with Crippen molar-refractivity contribution in [3.05, 3.63) is 46.5 Å². The summed E-state index contributed by atoms with van der Waals surface area (Å²) in [6, 6.07) is 2.90. The summed E-state index contributed by atoms with van der Waals surface area (Å²) in [5, 5.41) is 124. The Morgan fingerprint density at radius 1 is 0.660 bits per heavy atom. The van der Waals surface area contributed by atoms with Crippen LogP contribution in [0.4, 0.5) is 0 Å². The van der Waals surface area contributed by atoms with Crippen LogP contribution in [0.15, 0.2) is 18.3 Å². The van der Waals surface area contributed by atoms with Crippen LogP contribution in [-0.4, -0.2) is 133 Å². The van der Waals surface area contributed by atoms with Crippen LogP contribution in [0.3, 0.4) is 0 Å². The smallest absolute Gasteiger partial charge is 0.244 e. The standard InChI is InChI=1S/C31H42N6O13/c1-30(49-11-9-34(2)3,18-20(38)24(42)28(46)25(43)21(18)39)17-13-15(33-37(17)6)14-35(4)10-12-50-31(48,16-7-8-32-36(16)5)19-22(40)26(44)29(47)27(45)23(19)41/h7-8,13,38-48H,9-12,14H2,1-6H3. The molecule has 2 unspecified atom stereocenters. The van der Waals surface area contributed by atoms with E-state index in [2.05, 4.69) is 10.2 Å². The fourth-order valence-corrected chi connectivity index (χ4v) is 5.59. The summed E-state index contributed by atoms with van der Waals surface area (Å²) in [6.45, 7) is 1.86. The van der Waals surface area contributed by atoms with Gasteiger partial charge in [0.25, 0.3) is 0 Å². The van der Waals surface area contributed by atoms with Crippen LogP contribution in [0, 0.1) is 0 Å². The van der Waals surface area contributed by atoms with E-state index in [-0.39, 0.29) is 37.7 Å². The van der Waals surface area contributed by atoms with Gasteiger partial charge in [-0.05, 0) is 40.2 Å². The number of aromatic hydroxyl groups is 10. The third-order valence-corrected chi connectivity index (χ3v) is 8.29. The Morgan fingerprint density at radius 3 is 1.62 bits per heavy atom. The zero-order valence-corrected chi connectivity index (χ0v) is 28.2. The minimum atomic E-state index is -2.70. The van der Waals surface area contributed by atoms with Crippen LogP contribution in [0.5, 0.6) is 57.5 Å². The highest BCUT2D eigenvalue weighted by molar-refractivity contribution is 5.70. The molecular weight excluding hydrogens is 664 g/mol. The van der Waals surface area contributed by atoms with Gasteiger partial charge in [0.2, 0.25) is 40.3 Å². The number of phenolic OH excluding ortho intramolecular Hbond substituents is 10. The van der Waals surface area contributed by atoms with Gasteiger partial charge in [-0.15, -0.1) is 0 Å². The van der Waals surface area contributed by atoms with Crippen molar-refractivity contribution in [3.63, 3.8) is 0 Å². The first kappa shape index (κ1) is 37.5. The van der Waals surface area contributed by atoms with E-state index in [1.54, 1.807) is 39.2 Å². The molecule has 2 atom stereocenters. The number of hydrogen-bond donors (Lipinski definition) is 11. The van der Waals surface area contributed by atoms with Gasteiger partial charge < -0.3 is 70.5 Å². The number of benzene rings is 2. The number of aromatic nitrogens is 4. The molecule has 50 heavy (non-hydrogen) atoms. The van der Waals surface area contributed by atoms with Gasteiger partial charge in [-0.1, -0.05) is 0 Å². The van der Waals surface area contributed by atoms with Gasteiger partial charge in [-0.3, -0.25) is 14.3 Å². The Labute approximate surface area is 285 Å². The van der Waals surface area contributed by atoms with Crippen molar-refractivity contribution in [1.82, 2.24) is 29.4 Å². The molecule has 2 aromatic carbocycles. The van der Waals surface area contributed by atoms with E-state index in [9.17, 15) is 56.2 Å². The molecule has 0 saturated heterocycles. The van der Waals surface area contributed by atoms with Crippen molar-refractivity contribution in [2.24, 2.45) is 14.1 Å². The molecule has 0 spiro atoms. The first-order chi connectivity index (χ1) is 23.3. The Kier molecular flexibility index (Phi) is 10.4. The van der Waals surface area contributed by atoms with Crippen LogP contribution < -0.4 is 0 Å². The number of nitrogens with zero attached hydrogens (tertiary/aromatic N) is 6. The third-order valence-electron chi connectivity index (χ3n) is 8.29. The number of aryl methyl sites for hydroxylation is 2. The summed E-state index contributed by atoms with van der Waals surface area (Å²) < 4.78 is 14.5. The molecule has 2 heterocycles. The Bertz CT molecular complexity index is 1820. The molecule has 274 valence electrons. The van der Waals surface area contributed by atoms with Gasteiger partial charge in [-0.25, -0.2) is 0 Å². The lowest BCUT2D eigenvalue weighted by atomic mass is 9.89. The molecule has 2 aromatic heterocycles. The molecule has 0 radical (unpaired) electrons. The fourth-order valence-electron chi connectivity index (χ4n) is 5.59. The Morgan fingerprint density at radius 2 is 1.14 bits per heavy atom. The molecular formula is C31H42N6O13. The second kappa shape index (κ2) is 13.9. The van der Waals surface area contributed by atoms with Crippen molar-refractivity contribution in [3.8, 4) is 57.5 Å². The third kappa shape index (κ3) is 6.51. The molecule has 0 saturated carbocycles. The molecule has 0 aliphatic heterocycles. The first-order valence-corrected chi connectivity index (χ1v) is 15.0. The highest BCUT2D eigenvalue weighted by atomic mass is 16.6. The van der Waals surface area contributed by atoms with Gasteiger partial charge in [-0.2, -0.15) is 10.2 Å². The highest BCUT2D eigenvalue weighted by Crippen LogP contribution is 2.57. The minimum absolute atomic E-state index is 0.0593. The lowest BCUT2D eigenvalue weighted by molar-refractivity contribution is -0.188. The zero-order valence-electron chi connectivity index (χ0n) is 28.2. The van der Waals surface area contributed by atoms with E-state index in [0.29, 0.717) is 12.2 Å². The number of ether oxygens (including phenoxy) is 2. The van der Waals surface area contributed by atoms with E-state index in [4.69, 9.17) is 9.47 Å². The van der Waals surface area contributed by atoms with Gasteiger partial charge in [0.15, 0.2) is 23.0 Å². The summed E-state index contributed by atoms with van der Waals surface area (Å²) in [7, 11) is 8.28. The molecule has 0 aliphatic carbocycles. The molecule has 11 N–H and O–H groups in total. The van der Waals surface area contributed by atoms with Crippen LogP contribution in [0.1, 0.15) is 35.1 Å². The van der Waals surface area contributed by atoms with Crippen molar-refractivity contribution in [2.45, 2.75) is 24.9 Å². The SMILES string of the molecule is CN(C)CCOC(C)(c1c(O)c(O)c(O)c(O)c1O)c1cc(CN(C)CCOC(O)(c2c(O)c(O)c(O)c(O)c2O)c2ccnn2C)nn1C. The molecule has 19 heteroatoms. The van der Waals surface area contributed by atoms with Gasteiger partial charge in [0.05, 0.1) is 30.2 Å². The number of hydrogen-bond acceptors (Lipinski definition) is 17.